The standard InChI is InChI=1S/C23H19BrN2OS2/c1-28-19-10-7-16(8-11-19)13-22(27)26(15-17-5-3-2-4-6-17)23-25-20-12-9-18(24)14-21(20)29-23/h2-12,14H,13,15H2,1H3. The summed E-state index contributed by atoms with van der Waals surface area (Å²) in [5.41, 5.74) is 3.00. The van der Waals surface area contributed by atoms with Crippen LogP contribution in [0.4, 0.5) is 5.13 Å². The molecule has 1 heterocycles. The molecule has 4 aromatic rings. The topological polar surface area (TPSA) is 33.2 Å². The summed E-state index contributed by atoms with van der Waals surface area (Å²) < 4.78 is 2.07. The number of carbonyl (C=O) groups is 1. The molecular formula is C23H19BrN2OS2. The molecule has 0 radical (unpaired) electrons. The molecule has 3 aromatic carbocycles. The molecule has 0 aliphatic carbocycles. The summed E-state index contributed by atoms with van der Waals surface area (Å²) in [6.45, 7) is 0.504. The van der Waals surface area contributed by atoms with E-state index in [1.54, 1.807) is 28.0 Å². The van der Waals surface area contributed by atoms with Gasteiger partial charge in [-0.3, -0.25) is 9.69 Å². The van der Waals surface area contributed by atoms with Gasteiger partial charge in [-0.1, -0.05) is 69.7 Å². The molecule has 29 heavy (non-hydrogen) atoms. The lowest BCUT2D eigenvalue weighted by Gasteiger charge is -2.20. The Morgan fingerprint density at radius 1 is 1.03 bits per heavy atom. The monoisotopic (exact) mass is 482 g/mol. The number of thiazole rings is 1. The van der Waals surface area contributed by atoms with Crippen molar-refractivity contribution in [3.05, 3.63) is 88.4 Å². The molecule has 146 valence electrons. The Bertz CT molecular complexity index is 1130. The van der Waals surface area contributed by atoms with Gasteiger partial charge in [-0.15, -0.1) is 11.8 Å². The number of halogens is 1. The van der Waals surface area contributed by atoms with Gasteiger partial charge in [0.05, 0.1) is 23.2 Å². The predicted octanol–water partition coefficient (Wildman–Crippen LogP) is 6.56. The third-order valence-electron chi connectivity index (χ3n) is 4.57. The lowest BCUT2D eigenvalue weighted by Crippen LogP contribution is -2.31. The van der Waals surface area contributed by atoms with Crippen LogP contribution in [0.1, 0.15) is 11.1 Å². The largest absolute Gasteiger partial charge is 0.283 e. The smallest absolute Gasteiger partial charge is 0.233 e. The van der Waals surface area contributed by atoms with Crippen LogP contribution < -0.4 is 4.90 Å². The van der Waals surface area contributed by atoms with Crippen molar-refractivity contribution in [3.63, 3.8) is 0 Å². The van der Waals surface area contributed by atoms with Crippen LogP contribution in [0.2, 0.25) is 0 Å². The molecule has 0 saturated heterocycles. The highest BCUT2D eigenvalue weighted by molar-refractivity contribution is 9.10. The Balaban J connectivity index is 1.65. The van der Waals surface area contributed by atoms with Gasteiger partial charge in [0, 0.05) is 9.37 Å². The molecule has 0 saturated carbocycles. The van der Waals surface area contributed by atoms with Crippen LogP contribution in [0.25, 0.3) is 10.2 Å². The lowest BCUT2D eigenvalue weighted by molar-refractivity contribution is -0.118. The summed E-state index contributed by atoms with van der Waals surface area (Å²) in [6.07, 6.45) is 2.40. The van der Waals surface area contributed by atoms with Crippen LogP contribution in [0.3, 0.4) is 0 Å². The highest BCUT2D eigenvalue weighted by atomic mass is 79.9. The van der Waals surface area contributed by atoms with Crippen molar-refractivity contribution in [1.82, 2.24) is 4.98 Å². The van der Waals surface area contributed by atoms with Gasteiger partial charge in [0.2, 0.25) is 5.91 Å². The molecule has 4 rings (SSSR count). The van der Waals surface area contributed by atoms with Crippen molar-refractivity contribution in [2.45, 2.75) is 17.9 Å². The Labute approximate surface area is 186 Å². The summed E-state index contributed by atoms with van der Waals surface area (Å²) in [4.78, 5) is 21.0. The third-order valence-corrected chi connectivity index (χ3v) is 6.85. The Kier molecular flexibility index (Phi) is 6.33. The molecular weight excluding hydrogens is 464 g/mol. The van der Waals surface area contributed by atoms with E-state index in [9.17, 15) is 4.79 Å². The highest BCUT2D eigenvalue weighted by Gasteiger charge is 2.20. The van der Waals surface area contributed by atoms with E-state index in [0.717, 1.165) is 30.9 Å². The minimum Gasteiger partial charge on any atom is -0.283 e. The number of thioether (sulfide) groups is 1. The van der Waals surface area contributed by atoms with Gasteiger partial charge in [0.25, 0.3) is 0 Å². The number of carbonyl (C=O) groups excluding carboxylic acids is 1. The maximum absolute atomic E-state index is 13.3. The number of amides is 1. The first-order chi connectivity index (χ1) is 14.1. The normalized spacial score (nSPS) is 11.0. The zero-order valence-electron chi connectivity index (χ0n) is 15.8. The Hall–Kier alpha value is -2.15. The molecule has 0 unspecified atom stereocenters. The van der Waals surface area contributed by atoms with E-state index >= 15 is 0 Å². The minimum atomic E-state index is 0.0453. The van der Waals surface area contributed by atoms with Crippen molar-refractivity contribution in [2.75, 3.05) is 11.2 Å². The molecule has 0 bridgehead atoms. The van der Waals surface area contributed by atoms with Gasteiger partial charge in [0.15, 0.2) is 5.13 Å². The Morgan fingerprint density at radius 3 is 2.52 bits per heavy atom. The van der Waals surface area contributed by atoms with Crippen LogP contribution in [-0.4, -0.2) is 17.1 Å². The predicted molar refractivity (Wildman–Crippen MR) is 127 cm³/mol. The first kappa shape index (κ1) is 20.1. The average Bonchev–Trinajstić information content (AvgIpc) is 3.16. The van der Waals surface area contributed by atoms with Gasteiger partial charge >= 0.3 is 0 Å². The van der Waals surface area contributed by atoms with E-state index in [2.05, 4.69) is 28.1 Å². The molecule has 1 aromatic heterocycles. The van der Waals surface area contributed by atoms with Crippen molar-refractivity contribution in [3.8, 4) is 0 Å². The maximum atomic E-state index is 13.3. The first-order valence-electron chi connectivity index (χ1n) is 9.16. The fourth-order valence-electron chi connectivity index (χ4n) is 3.04. The van der Waals surface area contributed by atoms with Gasteiger partial charge in [0.1, 0.15) is 0 Å². The van der Waals surface area contributed by atoms with Crippen LogP contribution in [0, 0.1) is 0 Å². The quantitative estimate of drug-likeness (QED) is 0.292. The molecule has 0 fully saturated rings. The number of hydrogen-bond donors (Lipinski definition) is 0. The Morgan fingerprint density at radius 2 is 1.79 bits per heavy atom. The average molecular weight is 483 g/mol. The SMILES string of the molecule is CSc1ccc(CC(=O)N(Cc2ccccc2)c2nc3ccc(Br)cc3s2)cc1. The summed E-state index contributed by atoms with van der Waals surface area (Å²) in [7, 11) is 0. The van der Waals surface area contributed by atoms with Crippen molar-refractivity contribution in [1.29, 1.82) is 0 Å². The van der Waals surface area contributed by atoms with Crippen LogP contribution >= 0.6 is 39.0 Å². The zero-order valence-corrected chi connectivity index (χ0v) is 19.1. The lowest BCUT2D eigenvalue weighted by atomic mass is 10.1. The summed E-state index contributed by atoms with van der Waals surface area (Å²) >= 11 is 6.76. The summed E-state index contributed by atoms with van der Waals surface area (Å²) in [5.74, 6) is 0.0453. The van der Waals surface area contributed by atoms with Gasteiger partial charge in [-0.25, -0.2) is 4.98 Å². The van der Waals surface area contributed by atoms with Crippen molar-refractivity contribution in [2.24, 2.45) is 0 Å². The van der Waals surface area contributed by atoms with E-state index < -0.39 is 0 Å². The van der Waals surface area contributed by atoms with Gasteiger partial charge in [-0.2, -0.15) is 0 Å². The maximum Gasteiger partial charge on any atom is 0.233 e. The van der Waals surface area contributed by atoms with E-state index in [-0.39, 0.29) is 5.91 Å². The second-order valence-electron chi connectivity index (χ2n) is 6.60. The highest BCUT2D eigenvalue weighted by Crippen LogP contribution is 2.32. The zero-order chi connectivity index (χ0) is 20.2. The number of anilines is 1. The molecule has 0 atom stereocenters. The molecule has 0 aliphatic heterocycles. The second kappa shape index (κ2) is 9.11. The molecule has 0 spiro atoms. The third kappa shape index (κ3) is 4.89. The number of rotatable bonds is 6. The van der Waals surface area contributed by atoms with Crippen LogP contribution in [0.5, 0.6) is 0 Å². The molecule has 1 amide bonds. The molecule has 3 nitrogen and oxygen atoms in total. The fourth-order valence-corrected chi connectivity index (χ4v) is 4.99. The van der Waals surface area contributed by atoms with E-state index in [1.807, 2.05) is 66.9 Å². The van der Waals surface area contributed by atoms with Crippen molar-refractivity contribution < 1.29 is 4.79 Å². The summed E-state index contributed by atoms with van der Waals surface area (Å²) in [6, 6.07) is 24.2. The van der Waals surface area contributed by atoms with E-state index in [1.165, 1.54) is 4.90 Å². The second-order valence-corrected chi connectivity index (χ2v) is 9.40. The van der Waals surface area contributed by atoms with E-state index in [4.69, 9.17) is 4.98 Å². The number of benzene rings is 3. The minimum absolute atomic E-state index is 0.0453. The molecule has 0 N–H and O–H groups in total. The molecule has 6 heteroatoms. The first-order valence-corrected chi connectivity index (χ1v) is 12.0. The number of aromatic nitrogens is 1. The van der Waals surface area contributed by atoms with Crippen LogP contribution in [0.15, 0.2) is 82.2 Å². The van der Waals surface area contributed by atoms with Crippen molar-refractivity contribution >= 4 is 60.3 Å². The molecule has 0 aliphatic rings. The number of fused-ring (bicyclic) bond motifs is 1. The number of nitrogens with zero attached hydrogens (tertiary/aromatic N) is 2. The van der Waals surface area contributed by atoms with E-state index in [0.29, 0.717) is 13.0 Å². The van der Waals surface area contributed by atoms with Gasteiger partial charge < -0.3 is 0 Å². The van der Waals surface area contributed by atoms with Crippen LogP contribution in [-0.2, 0) is 17.8 Å². The fraction of sp³-hybridized carbons (Fsp3) is 0.130. The number of hydrogen-bond acceptors (Lipinski definition) is 4. The summed E-state index contributed by atoms with van der Waals surface area (Å²) in [5, 5.41) is 0.729. The van der Waals surface area contributed by atoms with Gasteiger partial charge in [-0.05, 0) is 47.7 Å².